The van der Waals surface area contributed by atoms with E-state index in [1.54, 1.807) is 0 Å². The van der Waals surface area contributed by atoms with Crippen molar-refractivity contribution in [2.75, 3.05) is 0 Å². The summed E-state index contributed by atoms with van der Waals surface area (Å²) in [5, 5.41) is 13.5. The van der Waals surface area contributed by atoms with E-state index in [-0.39, 0.29) is 0 Å². The van der Waals surface area contributed by atoms with Crippen LogP contribution in [0.3, 0.4) is 0 Å². The minimum atomic E-state index is 1.33. The maximum atomic E-state index is 2.24. The topological polar surface area (TPSA) is 0 Å². The lowest BCUT2D eigenvalue weighted by atomic mass is 10.0. The highest BCUT2D eigenvalue weighted by atomic mass is 14.0. The lowest BCUT2D eigenvalue weighted by molar-refractivity contribution is 1.39. The molecule has 12 rings (SSSR count). The van der Waals surface area contributed by atoms with Gasteiger partial charge >= 0.3 is 0 Å². The molecule has 0 saturated heterocycles. The molecule has 0 aromatic heterocycles. The van der Waals surface area contributed by atoms with Crippen LogP contribution in [0.15, 0.2) is 231 Å². The van der Waals surface area contributed by atoms with Gasteiger partial charge in [-0.2, -0.15) is 0 Å². The van der Waals surface area contributed by atoms with Crippen LogP contribution in [0.5, 0.6) is 0 Å². The van der Waals surface area contributed by atoms with Gasteiger partial charge in [-0.05, 0) is 173 Å². The molecule has 0 bridgehead atoms. The van der Waals surface area contributed by atoms with Crippen LogP contribution in [-0.2, 0) is 0 Å². The van der Waals surface area contributed by atoms with E-state index < -0.39 is 0 Å². The van der Waals surface area contributed by atoms with Gasteiger partial charge in [-0.1, -0.05) is 286 Å². The van der Waals surface area contributed by atoms with Crippen LogP contribution in [0.2, 0.25) is 0 Å². The van der Waals surface area contributed by atoms with Gasteiger partial charge < -0.3 is 0 Å². The largest absolute Gasteiger partial charge is 0.0617 e. The highest BCUT2D eigenvalue weighted by Gasteiger charge is 1.99. The maximum Gasteiger partial charge on any atom is -0.0152 e. The van der Waals surface area contributed by atoms with E-state index in [2.05, 4.69) is 327 Å². The molecule has 0 amide bonds. The zero-order chi connectivity index (χ0) is 54.7. The summed E-state index contributed by atoms with van der Waals surface area (Å²) in [6.45, 7) is 29.8. The Morgan fingerprint density at radius 1 is 0.145 bits per heavy atom. The molecule has 0 heterocycles. The smallest absolute Gasteiger partial charge is 0.0152 e. The van der Waals surface area contributed by atoms with Crippen molar-refractivity contribution in [1.82, 2.24) is 0 Å². The third kappa shape index (κ3) is 17.5. The van der Waals surface area contributed by atoms with Gasteiger partial charge in [0, 0.05) is 0 Å². The van der Waals surface area contributed by atoms with E-state index >= 15 is 0 Å². The van der Waals surface area contributed by atoms with Crippen molar-refractivity contribution in [3.8, 4) is 0 Å². The highest BCUT2D eigenvalue weighted by Crippen LogP contribution is 2.23. The molecule has 384 valence electrons. The zero-order valence-corrected chi connectivity index (χ0v) is 47.9. The minimum absolute atomic E-state index is 1.33. The van der Waals surface area contributed by atoms with Crippen molar-refractivity contribution in [2.45, 2.75) is 96.9 Å². The van der Waals surface area contributed by atoms with Gasteiger partial charge in [0.25, 0.3) is 0 Å². The van der Waals surface area contributed by atoms with E-state index in [1.165, 1.54) is 132 Å². The molecule has 0 heteroatoms. The summed E-state index contributed by atoms with van der Waals surface area (Å²) in [5.41, 5.74) is 18.7. The molecule has 0 saturated carbocycles. The van der Waals surface area contributed by atoms with Gasteiger partial charge in [0.15, 0.2) is 0 Å². The summed E-state index contributed by atoms with van der Waals surface area (Å²) >= 11 is 0. The third-order valence-electron chi connectivity index (χ3n) is 13.6. The Morgan fingerprint density at radius 2 is 0.434 bits per heavy atom. The first-order valence-corrected chi connectivity index (χ1v) is 26.8. The first kappa shape index (κ1) is 57.2. The second kappa shape index (κ2) is 28.0. The van der Waals surface area contributed by atoms with Gasteiger partial charge in [-0.15, -0.1) is 0 Å². The van der Waals surface area contributed by atoms with Crippen molar-refractivity contribution in [2.24, 2.45) is 0 Å². The number of hydrogen-bond donors (Lipinski definition) is 0. The molecule has 12 aromatic carbocycles. The van der Waals surface area contributed by atoms with E-state index in [9.17, 15) is 0 Å². The quantitative estimate of drug-likeness (QED) is 0.142. The predicted molar refractivity (Wildman–Crippen MR) is 339 cm³/mol. The number of fused-ring (bicyclic) bond motifs is 5. The fraction of sp³-hybridized carbons (Fsp3) is 0.184. The summed E-state index contributed by atoms with van der Waals surface area (Å²) in [7, 11) is 0. The van der Waals surface area contributed by atoms with Gasteiger partial charge in [0.1, 0.15) is 0 Å². The number of hydrogen-bond acceptors (Lipinski definition) is 0. The van der Waals surface area contributed by atoms with Gasteiger partial charge in [0.2, 0.25) is 0 Å². The molecule has 0 N–H and O–H groups in total. The molecule has 0 nitrogen and oxygen atoms in total. The van der Waals surface area contributed by atoms with Gasteiger partial charge in [-0.3, -0.25) is 0 Å². The van der Waals surface area contributed by atoms with Crippen LogP contribution in [0.1, 0.15) is 77.9 Å². The molecule has 0 aliphatic rings. The molecule has 0 aliphatic heterocycles. The van der Waals surface area contributed by atoms with Crippen molar-refractivity contribution >= 4 is 53.9 Å². The Hall–Kier alpha value is -8.06. The summed E-state index contributed by atoms with van der Waals surface area (Å²) in [6, 6.07) is 82.0. The summed E-state index contributed by atoms with van der Waals surface area (Å²) in [4.78, 5) is 0. The molecule has 0 radical (unpaired) electrons. The average Bonchev–Trinajstić information content (AvgIpc) is 3.39. The minimum Gasteiger partial charge on any atom is -0.0617 e. The molecular weight excluding hydrogens is 913 g/mol. The van der Waals surface area contributed by atoms with Crippen LogP contribution in [0.4, 0.5) is 0 Å². The fourth-order valence-corrected chi connectivity index (χ4v) is 9.15. The molecular formula is C76H80. The van der Waals surface area contributed by atoms with Crippen LogP contribution in [0.25, 0.3) is 53.9 Å². The second-order valence-electron chi connectivity index (χ2n) is 20.9. The van der Waals surface area contributed by atoms with Crippen LogP contribution in [0, 0.1) is 96.9 Å². The lowest BCUT2D eigenvalue weighted by Crippen LogP contribution is -1.80. The highest BCUT2D eigenvalue weighted by molar-refractivity contribution is 5.89. The van der Waals surface area contributed by atoms with Crippen LogP contribution in [-0.4, -0.2) is 0 Å². The predicted octanol–water partition coefficient (Wildman–Crippen LogP) is 21.9. The Morgan fingerprint density at radius 3 is 0.868 bits per heavy atom. The fourth-order valence-electron chi connectivity index (χ4n) is 9.15. The van der Waals surface area contributed by atoms with E-state index in [0.29, 0.717) is 0 Å². The first-order chi connectivity index (χ1) is 36.4. The SMILES string of the molecule is Cc1ccc(C)cc1.Cc1ccc2c(C)cccc2c1.Cc1ccc2cc(C)ccc2c1.Cc1ccc2ccc(C)cc2c1.Cc1ccc2cccc(C)c2c1.Cc1cccc(C)c1.Cc1cccc2c(C)cccc12. The first-order valence-electron chi connectivity index (χ1n) is 26.8. The van der Waals surface area contributed by atoms with Gasteiger partial charge in [0.05, 0.1) is 0 Å². The Balaban J connectivity index is 0.000000145. The van der Waals surface area contributed by atoms with E-state index in [0.717, 1.165) is 0 Å². The number of rotatable bonds is 0. The molecule has 76 heavy (non-hydrogen) atoms. The average molecular weight is 993 g/mol. The van der Waals surface area contributed by atoms with Crippen molar-refractivity contribution < 1.29 is 0 Å². The third-order valence-corrected chi connectivity index (χ3v) is 13.6. The second-order valence-corrected chi connectivity index (χ2v) is 20.9. The van der Waals surface area contributed by atoms with Crippen LogP contribution >= 0.6 is 0 Å². The molecule has 0 spiro atoms. The van der Waals surface area contributed by atoms with E-state index in [1.807, 2.05) is 0 Å². The van der Waals surface area contributed by atoms with Crippen LogP contribution < -0.4 is 0 Å². The Labute approximate surface area is 456 Å². The Bertz CT molecular complexity index is 3600. The summed E-state index contributed by atoms with van der Waals surface area (Å²) in [6.07, 6.45) is 0. The molecule has 0 atom stereocenters. The monoisotopic (exact) mass is 993 g/mol. The zero-order valence-electron chi connectivity index (χ0n) is 47.9. The molecule has 0 fully saturated rings. The van der Waals surface area contributed by atoms with Crippen molar-refractivity contribution in [3.63, 3.8) is 0 Å². The lowest BCUT2D eigenvalue weighted by Gasteiger charge is -2.03. The number of benzene rings is 12. The molecule has 12 aromatic rings. The van der Waals surface area contributed by atoms with Gasteiger partial charge in [-0.25, -0.2) is 0 Å². The molecule has 0 aliphatic carbocycles. The normalized spacial score (nSPS) is 10.2. The summed E-state index contributed by atoms with van der Waals surface area (Å²) < 4.78 is 0. The standard InChI is InChI=1S/5C12H12.2C8H10/c1-9-3-5-12-8-10(2)4-6-11(12)7-9;1-9-3-5-11-6-4-10(2)8-12(11)7-9;1-9-5-3-8-12-10(2)6-4-7-11(9)12;1-9-6-7-12-10(2)4-3-5-11(12)8-9;1-9-6-7-11-5-3-4-10(2)12(11)8-9;1-7-3-5-8(2)6-4-7;1-7-4-3-5-8(2)6-7/h5*3-8H,1-2H3;2*3-6H,1-2H3. The van der Waals surface area contributed by atoms with Crippen molar-refractivity contribution in [1.29, 1.82) is 0 Å². The van der Waals surface area contributed by atoms with Crippen molar-refractivity contribution in [3.05, 3.63) is 308 Å². The molecule has 0 unspecified atom stereocenters. The number of aryl methyl sites for hydroxylation is 14. The van der Waals surface area contributed by atoms with E-state index in [4.69, 9.17) is 0 Å². The maximum absolute atomic E-state index is 2.24. The Kier molecular flexibility index (Phi) is 21.1. The summed E-state index contributed by atoms with van der Waals surface area (Å²) in [5.74, 6) is 0.